The quantitative estimate of drug-likeness (QED) is 0.432. The predicted octanol–water partition coefficient (Wildman–Crippen LogP) is 5.18. The highest BCUT2D eigenvalue weighted by molar-refractivity contribution is 5.59. The zero-order valence-corrected chi connectivity index (χ0v) is 17.6. The van der Waals surface area contributed by atoms with Crippen molar-refractivity contribution in [3.63, 3.8) is 0 Å². The van der Waals surface area contributed by atoms with Crippen LogP contribution < -0.4 is 0 Å². The van der Waals surface area contributed by atoms with Gasteiger partial charge in [0.25, 0.3) is 0 Å². The highest BCUT2D eigenvalue weighted by Gasteiger charge is 2.30. The highest BCUT2D eigenvalue weighted by atomic mass is 19.4. The van der Waals surface area contributed by atoms with E-state index in [1.165, 1.54) is 12.1 Å². The van der Waals surface area contributed by atoms with E-state index < -0.39 is 11.7 Å². The molecule has 0 amide bonds. The van der Waals surface area contributed by atoms with E-state index in [1.54, 1.807) is 18.6 Å². The molecule has 4 aromatic rings. The predicted molar refractivity (Wildman–Crippen MR) is 118 cm³/mol. The van der Waals surface area contributed by atoms with Crippen molar-refractivity contribution in [2.24, 2.45) is 0 Å². The number of pyridine rings is 2. The van der Waals surface area contributed by atoms with E-state index in [9.17, 15) is 13.2 Å². The lowest BCUT2D eigenvalue weighted by atomic mass is 10.1. The number of alkyl halides is 3. The average molecular weight is 447 g/mol. The monoisotopic (exact) mass is 447 g/mol. The molecule has 5 rings (SSSR count). The molecule has 0 saturated carbocycles. The van der Waals surface area contributed by atoms with Crippen LogP contribution in [-0.2, 0) is 25.7 Å². The molecular formula is C25H20F3N5. The molecule has 0 radical (unpaired) electrons. The van der Waals surface area contributed by atoms with E-state index >= 15 is 0 Å². The Labute approximate surface area is 189 Å². The molecule has 0 N–H and O–H groups in total. The fourth-order valence-corrected chi connectivity index (χ4v) is 3.92. The lowest BCUT2D eigenvalue weighted by Crippen LogP contribution is -2.31. The third kappa shape index (κ3) is 4.75. The number of fused-ring (bicyclic) bond motifs is 1. The Morgan fingerprint density at radius 2 is 1.73 bits per heavy atom. The molecule has 0 fully saturated rings. The SMILES string of the molecule is FC(F)(F)c1ccc(-c2ccc(CN3CCc4nc(-c5cccnc5)ncc4C3)cn2)cc1. The van der Waals surface area contributed by atoms with Gasteiger partial charge in [0.15, 0.2) is 5.82 Å². The third-order valence-electron chi connectivity index (χ3n) is 5.67. The lowest BCUT2D eigenvalue weighted by Gasteiger charge is -2.28. The molecule has 0 bridgehead atoms. The molecule has 8 heteroatoms. The van der Waals surface area contributed by atoms with E-state index in [4.69, 9.17) is 4.98 Å². The van der Waals surface area contributed by atoms with Crippen LogP contribution in [0.2, 0.25) is 0 Å². The number of hydrogen-bond acceptors (Lipinski definition) is 5. The molecule has 1 aliphatic heterocycles. The van der Waals surface area contributed by atoms with Crippen molar-refractivity contribution in [2.75, 3.05) is 6.54 Å². The van der Waals surface area contributed by atoms with Crippen molar-refractivity contribution in [1.82, 2.24) is 24.8 Å². The first-order valence-corrected chi connectivity index (χ1v) is 10.6. The van der Waals surface area contributed by atoms with Crippen LogP contribution in [0.4, 0.5) is 13.2 Å². The van der Waals surface area contributed by atoms with Crippen molar-refractivity contribution in [3.05, 3.63) is 95.7 Å². The second-order valence-corrected chi connectivity index (χ2v) is 7.99. The summed E-state index contributed by atoms with van der Waals surface area (Å²) in [6.45, 7) is 2.35. The van der Waals surface area contributed by atoms with Gasteiger partial charge in [-0.05, 0) is 35.9 Å². The second kappa shape index (κ2) is 8.71. The van der Waals surface area contributed by atoms with Gasteiger partial charge < -0.3 is 0 Å². The normalized spacial score (nSPS) is 14.2. The summed E-state index contributed by atoms with van der Waals surface area (Å²) in [7, 11) is 0. The number of halogens is 3. The maximum absolute atomic E-state index is 12.8. The highest BCUT2D eigenvalue weighted by Crippen LogP contribution is 2.30. The first-order chi connectivity index (χ1) is 16.0. The van der Waals surface area contributed by atoms with Crippen molar-refractivity contribution in [1.29, 1.82) is 0 Å². The fraction of sp³-hybridized carbons (Fsp3) is 0.200. The first-order valence-electron chi connectivity index (χ1n) is 10.6. The Morgan fingerprint density at radius 1 is 0.879 bits per heavy atom. The van der Waals surface area contributed by atoms with E-state index in [-0.39, 0.29) is 0 Å². The molecule has 0 aliphatic carbocycles. The topological polar surface area (TPSA) is 54.8 Å². The summed E-state index contributed by atoms with van der Waals surface area (Å²) in [5.74, 6) is 0.693. The molecule has 0 atom stereocenters. The molecule has 3 aromatic heterocycles. The minimum absolute atomic E-state index is 0.646. The van der Waals surface area contributed by atoms with E-state index in [2.05, 4.69) is 19.9 Å². The first kappa shape index (κ1) is 21.2. The van der Waals surface area contributed by atoms with Crippen LogP contribution in [-0.4, -0.2) is 31.4 Å². The Bertz CT molecular complexity index is 1240. The van der Waals surface area contributed by atoms with Crippen molar-refractivity contribution in [3.8, 4) is 22.6 Å². The smallest absolute Gasteiger partial charge is 0.294 e. The molecule has 1 aromatic carbocycles. The summed E-state index contributed by atoms with van der Waals surface area (Å²) in [5.41, 5.74) is 4.77. The van der Waals surface area contributed by atoms with Gasteiger partial charge in [-0.2, -0.15) is 13.2 Å². The van der Waals surface area contributed by atoms with Crippen LogP contribution >= 0.6 is 0 Å². The summed E-state index contributed by atoms with van der Waals surface area (Å²) >= 11 is 0. The van der Waals surface area contributed by atoms with Crippen molar-refractivity contribution < 1.29 is 13.2 Å². The van der Waals surface area contributed by atoms with Gasteiger partial charge in [-0.3, -0.25) is 14.9 Å². The van der Waals surface area contributed by atoms with Crippen molar-refractivity contribution >= 4 is 0 Å². The van der Waals surface area contributed by atoms with Crippen LogP contribution in [0.25, 0.3) is 22.6 Å². The van der Waals surface area contributed by atoms with Gasteiger partial charge >= 0.3 is 6.18 Å². The van der Waals surface area contributed by atoms with Gasteiger partial charge in [0.1, 0.15) is 0 Å². The minimum Gasteiger partial charge on any atom is -0.294 e. The van der Waals surface area contributed by atoms with Gasteiger partial charge in [-0.25, -0.2) is 9.97 Å². The largest absolute Gasteiger partial charge is 0.416 e. The number of hydrogen-bond donors (Lipinski definition) is 0. The molecule has 1 aliphatic rings. The fourth-order valence-electron chi connectivity index (χ4n) is 3.92. The van der Waals surface area contributed by atoms with Gasteiger partial charge in [0, 0.05) is 67.5 Å². The van der Waals surface area contributed by atoms with Crippen LogP contribution in [0.3, 0.4) is 0 Å². The summed E-state index contributed by atoms with van der Waals surface area (Å²) in [5, 5.41) is 0. The van der Waals surface area contributed by atoms with Crippen LogP contribution in [0.15, 0.2) is 73.3 Å². The summed E-state index contributed by atoms with van der Waals surface area (Å²) in [6, 6.07) is 12.7. The van der Waals surface area contributed by atoms with Crippen LogP contribution in [0, 0.1) is 0 Å². The van der Waals surface area contributed by atoms with Gasteiger partial charge in [-0.15, -0.1) is 0 Å². The summed E-state index contributed by atoms with van der Waals surface area (Å²) < 4.78 is 38.3. The minimum atomic E-state index is -4.34. The van der Waals surface area contributed by atoms with Crippen LogP contribution in [0.5, 0.6) is 0 Å². The molecule has 4 heterocycles. The second-order valence-electron chi connectivity index (χ2n) is 7.99. The Hall–Kier alpha value is -3.65. The number of benzene rings is 1. The van der Waals surface area contributed by atoms with E-state index in [1.807, 2.05) is 30.5 Å². The number of aromatic nitrogens is 4. The molecule has 5 nitrogen and oxygen atoms in total. The number of rotatable bonds is 4. The Kier molecular flexibility index (Phi) is 5.60. The maximum atomic E-state index is 12.8. The average Bonchev–Trinajstić information content (AvgIpc) is 2.84. The van der Waals surface area contributed by atoms with Gasteiger partial charge in [0.05, 0.1) is 17.0 Å². The maximum Gasteiger partial charge on any atom is 0.416 e. The zero-order valence-electron chi connectivity index (χ0n) is 17.6. The molecular weight excluding hydrogens is 427 g/mol. The molecule has 0 saturated heterocycles. The lowest BCUT2D eigenvalue weighted by molar-refractivity contribution is -0.137. The van der Waals surface area contributed by atoms with Crippen molar-refractivity contribution in [2.45, 2.75) is 25.7 Å². The van der Waals surface area contributed by atoms with Crippen LogP contribution in [0.1, 0.15) is 22.4 Å². The van der Waals surface area contributed by atoms with E-state index in [0.29, 0.717) is 17.1 Å². The Morgan fingerprint density at radius 3 is 2.42 bits per heavy atom. The molecule has 0 unspecified atom stereocenters. The molecule has 166 valence electrons. The summed E-state index contributed by atoms with van der Waals surface area (Å²) in [6.07, 6.45) is 3.66. The third-order valence-corrected chi connectivity index (χ3v) is 5.67. The number of nitrogens with zero attached hydrogens (tertiary/aromatic N) is 5. The van der Waals surface area contributed by atoms with Gasteiger partial charge in [0.2, 0.25) is 0 Å². The van der Waals surface area contributed by atoms with Gasteiger partial charge in [-0.1, -0.05) is 18.2 Å². The molecule has 33 heavy (non-hydrogen) atoms. The van der Waals surface area contributed by atoms with E-state index in [0.717, 1.165) is 60.6 Å². The standard InChI is InChI=1S/C25H20F3N5/c26-25(27,28)21-6-4-18(5-7-21)22-8-3-17(12-30-22)15-33-11-9-23-20(16-33)14-31-24(32-23)19-2-1-10-29-13-19/h1-8,10,12-14H,9,11,15-16H2. The zero-order chi connectivity index (χ0) is 22.8. The Balaban J connectivity index is 1.24. The molecule has 0 spiro atoms. The summed E-state index contributed by atoms with van der Waals surface area (Å²) in [4.78, 5) is 20.1.